The van der Waals surface area contributed by atoms with Gasteiger partial charge in [-0.25, -0.2) is 0 Å². The summed E-state index contributed by atoms with van der Waals surface area (Å²) in [7, 11) is 0. The maximum Gasteiger partial charge on any atom is 0.305 e. The molecule has 7 atom stereocenters. The summed E-state index contributed by atoms with van der Waals surface area (Å²) < 4.78 is 6.37. The number of anilines is 1. The molecule has 1 N–H and O–H groups in total. The first-order valence-corrected chi connectivity index (χ1v) is 16.7. The Bertz CT molecular complexity index is 1930. The van der Waals surface area contributed by atoms with Crippen LogP contribution in [-0.4, -0.2) is 27.0 Å². The molecular weight excluding hydrogens is 611 g/mol. The highest BCUT2D eigenvalue weighted by molar-refractivity contribution is 8.00. The van der Waals surface area contributed by atoms with Gasteiger partial charge in [0.05, 0.1) is 27.5 Å². The van der Waals surface area contributed by atoms with E-state index in [9.17, 15) is 24.5 Å². The van der Waals surface area contributed by atoms with Crippen LogP contribution in [-0.2, 0) is 16.2 Å². The van der Waals surface area contributed by atoms with Crippen LogP contribution in [0.4, 0.5) is 11.4 Å². The van der Waals surface area contributed by atoms with Crippen LogP contribution in [0.5, 0.6) is 5.75 Å². The Balaban J connectivity index is 1.22. The van der Waals surface area contributed by atoms with Crippen molar-refractivity contribution < 1.29 is 19.2 Å². The number of ether oxygens (including phenoxy) is 1. The molecule has 2 saturated carbocycles. The van der Waals surface area contributed by atoms with Crippen molar-refractivity contribution in [2.24, 2.45) is 29.6 Å². The Morgan fingerprint density at radius 3 is 2.29 bits per heavy atom. The first-order chi connectivity index (χ1) is 21.7. The van der Waals surface area contributed by atoms with Crippen molar-refractivity contribution in [3.8, 4) is 5.75 Å². The van der Waals surface area contributed by atoms with Gasteiger partial charge in [0.25, 0.3) is 5.69 Å². The minimum atomic E-state index is -0.471. The second kappa shape index (κ2) is 10.4. The van der Waals surface area contributed by atoms with Crippen molar-refractivity contribution >= 4 is 46.3 Å². The first kappa shape index (κ1) is 28.3. The lowest BCUT2D eigenvalue weighted by Crippen LogP contribution is -2.42. The lowest BCUT2D eigenvalue weighted by molar-refractivity contribution is -0.385. The monoisotopic (exact) mass is 639 g/mol. The number of carbonyl (C=O) groups excluding carboxylic acids is 2. The smallest absolute Gasteiger partial charge is 0.305 e. The predicted molar refractivity (Wildman–Crippen MR) is 171 cm³/mol. The number of nitrogens with one attached hydrogen (secondary N) is 1. The number of carbonyl (C=O) groups is 2. The van der Waals surface area contributed by atoms with E-state index in [4.69, 9.17) is 4.74 Å². The number of thiazole rings is 1. The highest BCUT2D eigenvalue weighted by Crippen LogP contribution is 2.69. The Morgan fingerprint density at radius 2 is 1.60 bits per heavy atom. The van der Waals surface area contributed by atoms with Gasteiger partial charge in [0, 0.05) is 33.7 Å². The van der Waals surface area contributed by atoms with E-state index in [1.165, 1.54) is 11.0 Å². The number of thioether (sulfide) groups is 1. The Morgan fingerprint density at radius 1 is 0.933 bits per heavy atom. The lowest BCUT2D eigenvalue weighted by Gasteiger charge is -2.43. The fourth-order valence-corrected chi connectivity index (χ4v) is 11.1. The SMILES string of the molecule is Cc1ccc(COc2ccc([N+](=O)[O-])cc2[C@@H]2c3sc(=O)[nH]c3S[C@@H]3[C@@H]4C[C@@H]([C@@H]5C(=O)N(c6ccc(C)cc6)C(=O)[C@@H]45)[C@@H]23)cc1. The van der Waals surface area contributed by atoms with Gasteiger partial charge in [-0.2, -0.15) is 0 Å². The summed E-state index contributed by atoms with van der Waals surface area (Å²) in [5, 5.41) is 12.7. The lowest BCUT2D eigenvalue weighted by atomic mass is 9.68. The van der Waals surface area contributed by atoms with Crippen LogP contribution in [0.15, 0.2) is 76.6 Å². The van der Waals surface area contributed by atoms with Crippen LogP contribution in [0.25, 0.3) is 0 Å². The normalized spacial score (nSPS) is 27.8. The fraction of sp³-hybridized carbons (Fsp3) is 0.324. The largest absolute Gasteiger partial charge is 0.489 e. The summed E-state index contributed by atoms with van der Waals surface area (Å²) in [4.78, 5) is 57.3. The highest BCUT2D eigenvalue weighted by atomic mass is 32.2. The van der Waals surface area contributed by atoms with Gasteiger partial charge in [-0.3, -0.25) is 29.4 Å². The van der Waals surface area contributed by atoms with Crippen LogP contribution in [0, 0.1) is 53.6 Å². The van der Waals surface area contributed by atoms with Crippen molar-refractivity contribution in [1.29, 1.82) is 0 Å². The minimum Gasteiger partial charge on any atom is -0.489 e. The van der Waals surface area contributed by atoms with Crippen LogP contribution >= 0.6 is 23.1 Å². The topological polar surface area (TPSA) is 123 Å². The zero-order valence-corrected chi connectivity index (χ0v) is 26.1. The van der Waals surface area contributed by atoms with E-state index in [0.29, 0.717) is 17.0 Å². The van der Waals surface area contributed by atoms with Gasteiger partial charge in [-0.1, -0.05) is 58.9 Å². The van der Waals surface area contributed by atoms with Crippen molar-refractivity contribution in [1.82, 2.24) is 4.98 Å². The first-order valence-electron chi connectivity index (χ1n) is 15.0. The molecule has 1 aromatic heterocycles. The summed E-state index contributed by atoms with van der Waals surface area (Å²) >= 11 is 2.70. The Labute approximate surface area is 266 Å². The number of fused-ring (bicyclic) bond motifs is 9. The number of rotatable bonds is 6. The molecule has 0 spiro atoms. The van der Waals surface area contributed by atoms with E-state index in [2.05, 4.69) is 4.98 Å². The van der Waals surface area contributed by atoms with Gasteiger partial charge in [-0.15, -0.1) is 11.8 Å². The number of imide groups is 1. The number of nitro groups is 1. The van der Waals surface area contributed by atoms with Crippen molar-refractivity contribution in [2.75, 3.05) is 4.90 Å². The summed E-state index contributed by atoms with van der Waals surface area (Å²) in [6, 6.07) is 20.1. The van der Waals surface area contributed by atoms with E-state index in [1.807, 2.05) is 62.4 Å². The maximum atomic E-state index is 14.1. The number of benzene rings is 3. The van der Waals surface area contributed by atoms with Crippen LogP contribution in [0.3, 0.4) is 0 Å². The summed E-state index contributed by atoms with van der Waals surface area (Å²) in [5.41, 5.74) is 4.30. The van der Waals surface area contributed by atoms with Gasteiger partial charge >= 0.3 is 4.87 Å². The molecule has 2 aliphatic heterocycles. The zero-order chi connectivity index (χ0) is 31.1. The zero-order valence-electron chi connectivity index (χ0n) is 24.5. The second-order valence-corrected chi connectivity index (χ2v) is 14.8. The molecule has 9 nitrogen and oxygen atoms in total. The molecule has 3 heterocycles. The fourth-order valence-electron chi connectivity index (χ4n) is 8.18. The number of hydrogen-bond acceptors (Lipinski definition) is 8. The second-order valence-electron chi connectivity index (χ2n) is 12.6. The summed E-state index contributed by atoms with van der Waals surface area (Å²) in [6.45, 7) is 4.25. The van der Waals surface area contributed by atoms with Crippen LogP contribution < -0.4 is 14.5 Å². The van der Waals surface area contributed by atoms with Crippen LogP contribution in [0.1, 0.15) is 39.5 Å². The van der Waals surface area contributed by atoms with Crippen molar-refractivity contribution in [3.63, 3.8) is 0 Å². The molecule has 11 heteroatoms. The Kier molecular flexibility index (Phi) is 6.54. The number of aryl methyl sites for hydroxylation is 2. The summed E-state index contributed by atoms with van der Waals surface area (Å²) in [6.07, 6.45) is 0.723. The number of hydrogen-bond donors (Lipinski definition) is 1. The molecule has 0 radical (unpaired) electrons. The third-order valence-electron chi connectivity index (χ3n) is 10.1. The van der Waals surface area contributed by atoms with E-state index in [0.717, 1.165) is 44.4 Å². The third kappa shape index (κ3) is 4.39. The van der Waals surface area contributed by atoms with E-state index >= 15 is 0 Å². The summed E-state index contributed by atoms with van der Waals surface area (Å²) in [5.74, 6) is -1.41. The number of nitrogens with zero attached hydrogens (tertiary/aromatic N) is 2. The van der Waals surface area contributed by atoms with E-state index in [-0.39, 0.29) is 52.0 Å². The number of nitro benzene ring substituents is 1. The van der Waals surface area contributed by atoms with Crippen molar-refractivity contribution in [3.05, 3.63) is 114 Å². The molecular formula is C34H29N3O6S2. The molecule has 0 unspecified atom stereocenters. The number of H-pyrrole nitrogens is 1. The Hall–Kier alpha value is -4.22. The van der Waals surface area contributed by atoms with Gasteiger partial charge in [-0.05, 0) is 61.8 Å². The molecule has 1 saturated heterocycles. The quantitative estimate of drug-likeness (QED) is 0.151. The molecule has 4 aliphatic rings. The molecule has 45 heavy (non-hydrogen) atoms. The molecule has 2 bridgehead atoms. The molecule has 2 amide bonds. The predicted octanol–water partition coefficient (Wildman–Crippen LogP) is 6.22. The molecule has 8 rings (SSSR count). The molecule has 3 fully saturated rings. The number of non-ortho nitro benzene ring substituents is 1. The van der Waals surface area contributed by atoms with Gasteiger partial charge in [0.15, 0.2) is 0 Å². The minimum absolute atomic E-state index is 0.0436. The molecule has 228 valence electrons. The van der Waals surface area contributed by atoms with Crippen LogP contribution in [0.2, 0.25) is 0 Å². The van der Waals surface area contributed by atoms with Gasteiger partial charge in [0.1, 0.15) is 12.4 Å². The maximum absolute atomic E-state index is 14.1. The molecule has 3 aromatic carbocycles. The van der Waals surface area contributed by atoms with Gasteiger partial charge in [0.2, 0.25) is 11.8 Å². The van der Waals surface area contributed by atoms with Crippen molar-refractivity contribution in [2.45, 2.75) is 43.1 Å². The third-order valence-corrected chi connectivity index (χ3v) is 12.7. The van der Waals surface area contributed by atoms with Gasteiger partial charge < -0.3 is 9.72 Å². The molecule has 4 aromatic rings. The molecule has 2 aliphatic carbocycles. The number of aromatic nitrogens is 1. The average Bonchev–Trinajstić information content (AvgIpc) is 3.76. The van der Waals surface area contributed by atoms with E-state index in [1.54, 1.807) is 23.9 Å². The average molecular weight is 640 g/mol. The standard InChI is InChI=1S/C34H29N3O6S2/c1-16-3-7-18(8-4-16)15-43-24-12-11-20(37(41)42)13-21(24)25-26-22-14-23(29(26)44-31-30(25)45-34(40)35-31)28-27(22)32(38)36(33(28)39)19-9-5-17(2)6-10-19/h3-13,22-23,25-29H,14-15H2,1-2H3,(H,35,40)/t22-,23-,25+,26+,27+,28+,29-/m1/s1. The highest BCUT2D eigenvalue weighted by Gasteiger charge is 2.70. The number of aromatic amines is 1. The number of amides is 2. The van der Waals surface area contributed by atoms with E-state index < -0.39 is 22.7 Å².